The first-order valence-electron chi connectivity index (χ1n) is 4.87. The molecule has 1 saturated heterocycles. The van der Waals surface area contributed by atoms with E-state index in [-0.39, 0.29) is 16.8 Å². The van der Waals surface area contributed by atoms with Gasteiger partial charge in [-0.15, -0.1) is 11.8 Å². The second-order valence-electron chi connectivity index (χ2n) is 3.87. The second kappa shape index (κ2) is 4.27. The molecular weight excluding hydrogens is 246 g/mol. The van der Waals surface area contributed by atoms with Gasteiger partial charge in [-0.25, -0.2) is 8.42 Å². The molecule has 1 aliphatic rings. The molecule has 3 N–H and O–H groups in total. The number of thioether (sulfide) groups is 1. The van der Waals surface area contributed by atoms with Crippen molar-refractivity contribution < 1.29 is 13.5 Å². The third-order valence-corrected chi connectivity index (χ3v) is 5.69. The molecule has 0 spiro atoms. The van der Waals surface area contributed by atoms with Gasteiger partial charge in [0.15, 0.2) is 9.84 Å². The van der Waals surface area contributed by atoms with Gasteiger partial charge in [-0.2, -0.15) is 0 Å². The zero-order valence-electron chi connectivity index (χ0n) is 8.54. The van der Waals surface area contributed by atoms with Crippen LogP contribution in [0.25, 0.3) is 0 Å². The van der Waals surface area contributed by atoms with Crippen LogP contribution in [0.15, 0.2) is 29.2 Å². The lowest BCUT2D eigenvalue weighted by atomic mass is 10.3. The zero-order chi connectivity index (χ0) is 11.8. The highest BCUT2D eigenvalue weighted by Crippen LogP contribution is 2.31. The summed E-state index contributed by atoms with van der Waals surface area (Å²) in [6, 6.07) is 7.19. The van der Waals surface area contributed by atoms with E-state index in [0.717, 1.165) is 4.90 Å². The predicted molar refractivity (Wildman–Crippen MR) is 65.2 cm³/mol. The number of hydrogen-bond donors (Lipinski definition) is 2. The van der Waals surface area contributed by atoms with Gasteiger partial charge in [0.25, 0.3) is 0 Å². The molecule has 1 fully saturated rings. The van der Waals surface area contributed by atoms with Crippen LogP contribution in [0.3, 0.4) is 0 Å². The fourth-order valence-electron chi connectivity index (χ4n) is 1.63. The van der Waals surface area contributed by atoms with Crippen molar-refractivity contribution >= 4 is 27.3 Å². The number of hydrogen-bond acceptors (Lipinski definition) is 5. The van der Waals surface area contributed by atoms with Crippen LogP contribution in [-0.2, 0) is 9.84 Å². The minimum atomic E-state index is -3.07. The quantitative estimate of drug-likeness (QED) is 0.757. The number of anilines is 1. The van der Waals surface area contributed by atoms with Crippen LogP contribution >= 0.6 is 11.8 Å². The molecule has 16 heavy (non-hydrogen) atoms. The van der Waals surface area contributed by atoms with Gasteiger partial charge in [-0.05, 0) is 24.3 Å². The number of rotatable bonds is 2. The van der Waals surface area contributed by atoms with Gasteiger partial charge in [-0.1, -0.05) is 0 Å². The number of nitrogens with two attached hydrogens (primary N) is 1. The Kier molecular flexibility index (Phi) is 3.14. The molecular formula is C10H13NO3S2. The van der Waals surface area contributed by atoms with Gasteiger partial charge >= 0.3 is 0 Å². The van der Waals surface area contributed by atoms with Crippen molar-refractivity contribution in [1.82, 2.24) is 0 Å². The van der Waals surface area contributed by atoms with Crippen molar-refractivity contribution in [3.05, 3.63) is 24.3 Å². The molecule has 0 aliphatic carbocycles. The molecule has 4 nitrogen and oxygen atoms in total. The van der Waals surface area contributed by atoms with Gasteiger partial charge in [0.2, 0.25) is 0 Å². The Morgan fingerprint density at radius 2 is 1.88 bits per heavy atom. The first-order valence-corrected chi connectivity index (χ1v) is 7.57. The molecule has 0 radical (unpaired) electrons. The molecule has 2 atom stereocenters. The van der Waals surface area contributed by atoms with Crippen molar-refractivity contribution in [3.8, 4) is 0 Å². The topological polar surface area (TPSA) is 80.4 Å². The van der Waals surface area contributed by atoms with Crippen molar-refractivity contribution in [2.24, 2.45) is 0 Å². The van der Waals surface area contributed by atoms with Crippen molar-refractivity contribution in [2.45, 2.75) is 16.2 Å². The van der Waals surface area contributed by atoms with E-state index in [0.29, 0.717) is 5.69 Å². The summed E-state index contributed by atoms with van der Waals surface area (Å²) < 4.78 is 22.6. The summed E-state index contributed by atoms with van der Waals surface area (Å²) in [6.07, 6.45) is -0.771. The van der Waals surface area contributed by atoms with E-state index in [2.05, 4.69) is 0 Å². The van der Waals surface area contributed by atoms with Crippen molar-refractivity contribution in [2.75, 3.05) is 17.2 Å². The zero-order valence-corrected chi connectivity index (χ0v) is 10.2. The van der Waals surface area contributed by atoms with Crippen LogP contribution in [0.5, 0.6) is 0 Å². The van der Waals surface area contributed by atoms with Gasteiger partial charge in [-0.3, -0.25) is 0 Å². The largest absolute Gasteiger partial charge is 0.399 e. The second-order valence-corrected chi connectivity index (χ2v) is 7.34. The maximum atomic E-state index is 11.3. The Morgan fingerprint density at radius 3 is 2.38 bits per heavy atom. The number of aliphatic hydroxyl groups is 1. The first-order chi connectivity index (χ1) is 7.46. The minimum absolute atomic E-state index is 0.0449. The summed E-state index contributed by atoms with van der Waals surface area (Å²) in [4.78, 5) is 0.926. The number of sulfone groups is 1. The van der Waals surface area contributed by atoms with Crippen molar-refractivity contribution in [3.63, 3.8) is 0 Å². The van der Waals surface area contributed by atoms with Gasteiger partial charge in [0.05, 0.1) is 22.9 Å². The molecule has 1 heterocycles. The van der Waals surface area contributed by atoms with Crippen LogP contribution in [0.2, 0.25) is 0 Å². The van der Waals surface area contributed by atoms with E-state index < -0.39 is 15.9 Å². The fraction of sp³-hybridized carbons (Fsp3) is 0.400. The summed E-state index contributed by atoms with van der Waals surface area (Å²) >= 11 is 1.39. The number of aliphatic hydroxyl groups excluding tert-OH is 1. The van der Waals surface area contributed by atoms with E-state index in [1.165, 1.54) is 11.8 Å². The van der Waals surface area contributed by atoms with Crippen LogP contribution in [-0.4, -0.2) is 36.4 Å². The minimum Gasteiger partial charge on any atom is -0.399 e. The van der Waals surface area contributed by atoms with E-state index in [1.807, 2.05) is 12.1 Å². The summed E-state index contributed by atoms with van der Waals surface area (Å²) in [5, 5.41) is 9.35. The molecule has 0 amide bonds. The summed E-state index contributed by atoms with van der Waals surface area (Å²) in [5.41, 5.74) is 6.22. The van der Waals surface area contributed by atoms with Crippen LogP contribution in [0.4, 0.5) is 5.69 Å². The van der Waals surface area contributed by atoms with Gasteiger partial charge in [0, 0.05) is 10.6 Å². The highest BCUT2D eigenvalue weighted by molar-refractivity contribution is 8.02. The lowest BCUT2D eigenvalue weighted by molar-refractivity contribution is 0.207. The van der Waals surface area contributed by atoms with Crippen molar-refractivity contribution in [1.29, 1.82) is 0 Å². The predicted octanol–water partition coefficient (Wildman–Crippen LogP) is 0.519. The lowest BCUT2D eigenvalue weighted by Gasteiger charge is -2.11. The maximum Gasteiger partial charge on any atom is 0.154 e. The summed E-state index contributed by atoms with van der Waals surface area (Å²) in [6.45, 7) is 0. The standard InChI is InChI=1S/C10H13NO3S2/c11-7-1-3-8(4-2-7)15-10-6-16(13,14)5-9(10)12/h1-4,9-10,12H,5-6,11H2/t9-,10-/m1/s1. The van der Waals surface area contributed by atoms with Gasteiger partial charge in [0.1, 0.15) is 0 Å². The Balaban J connectivity index is 2.08. The Labute approximate surface area is 98.8 Å². The van der Waals surface area contributed by atoms with Gasteiger partial charge < -0.3 is 10.8 Å². The molecule has 1 aromatic carbocycles. The first kappa shape index (κ1) is 11.8. The Morgan fingerprint density at radius 1 is 1.25 bits per heavy atom. The number of benzene rings is 1. The summed E-state index contributed by atoms with van der Waals surface area (Å²) in [7, 11) is -3.07. The lowest BCUT2D eigenvalue weighted by Crippen LogP contribution is -2.19. The highest BCUT2D eigenvalue weighted by Gasteiger charge is 2.36. The fourth-order valence-corrected chi connectivity index (χ4v) is 5.15. The molecule has 88 valence electrons. The van der Waals surface area contributed by atoms with E-state index in [9.17, 15) is 13.5 Å². The third kappa shape index (κ3) is 2.69. The van der Waals surface area contributed by atoms with Crippen LogP contribution in [0, 0.1) is 0 Å². The Hall–Kier alpha value is -0.720. The molecule has 0 aromatic heterocycles. The molecule has 1 aliphatic heterocycles. The molecule has 6 heteroatoms. The summed E-state index contributed by atoms with van der Waals surface area (Å²) in [5.74, 6) is -0.0805. The van der Waals surface area contributed by atoms with Crippen LogP contribution < -0.4 is 5.73 Å². The molecule has 0 saturated carbocycles. The van der Waals surface area contributed by atoms with E-state index in [1.54, 1.807) is 12.1 Å². The third-order valence-electron chi connectivity index (χ3n) is 2.44. The normalized spacial score (nSPS) is 28.1. The van der Waals surface area contributed by atoms with Crippen LogP contribution in [0.1, 0.15) is 0 Å². The average Bonchev–Trinajstić information content (AvgIpc) is 2.44. The van der Waals surface area contributed by atoms with E-state index >= 15 is 0 Å². The molecule has 0 bridgehead atoms. The average molecular weight is 259 g/mol. The highest BCUT2D eigenvalue weighted by atomic mass is 32.2. The number of nitrogen functional groups attached to an aromatic ring is 1. The maximum absolute atomic E-state index is 11.3. The molecule has 1 aromatic rings. The van der Waals surface area contributed by atoms with E-state index in [4.69, 9.17) is 5.73 Å². The molecule has 2 rings (SSSR count). The SMILES string of the molecule is Nc1ccc(S[C@@H]2CS(=O)(=O)C[C@H]2O)cc1. The smallest absolute Gasteiger partial charge is 0.154 e. The Bertz CT molecular complexity index is 469. The monoisotopic (exact) mass is 259 g/mol. The molecule has 0 unspecified atom stereocenters.